The van der Waals surface area contributed by atoms with Gasteiger partial charge in [0, 0.05) is 7.05 Å². The zero-order valence-electron chi connectivity index (χ0n) is 21.4. The van der Waals surface area contributed by atoms with Crippen LogP contribution in [-0.4, -0.2) is 52.1 Å². The van der Waals surface area contributed by atoms with Gasteiger partial charge in [-0.15, -0.1) is 0 Å². The van der Waals surface area contributed by atoms with Crippen molar-refractivity contribution < 1.29 is 24.2 Å². The van der Waals surface area contributed by atoms with Gasteiger partial charge >= 0.3 is 5.97 Å². The summed E-state index contributed by atoms with van der Waals surface area (Å²) < 4.78 is 5.75. The number of aromatic nitrogens is 2. The lowest BCUT2D eigenvalue weighted by atomic mass is 9.84. The molecule has 10 heteroatoms. The highest BCUT2D eigenvalue weighted by molar-refractivity contribution is 5.91. The van der Waals surface area contributed by atoms with Gasteiger partial charge in [0.2, 0.25) is 11.8 Å². The third kappa shape index (κ3) is 7.35. The fraction of sp³-hybridized carbons (Fsp3) is 0.560. The Hall–Kier alpha value is -3.27. The zero-order chi connectivity index (χ0) is 26.5. The van der Waals surface area contributed by atoms with Crippen LogP contribution in [0.15, 0.2) is 23.0 Å². The van der Waals surface area contributed by atoms with E-state index in [1.165, 1.54) is 7.05 Å². The van der Waals surface area contributed by atoms with Gasteiger partial charge in [0.15, 0.2) is 6.10 Å². The molecule has 0 aliphatic carbocycles. The van der Waals surface area contributed by atoms with Gasteiger partial charge < -0.3 is 25.5 Å². The van der Waals surface area contributed by atoms with Crippen LogP contribution in [0.2, 0.25) is 0 Å². The van der Waals surface area contributed by atoms with Crippen LogP contribution < -0.4 is 16.2 Å². The van der Waals surface area contributed by atoms with Crippen molar-refractivity contribution in [3.8, 4) is 0 Å². The Morgan fingerprint density at radius 2 is 1.83 bits per heavy atom. The molecule has 0 saturated heterocycles. The van der Waals surface area contributed by atoms with Gasteiger partial charge in [-0.3, -0.25) is 14.4 Å². The molecular weight excluding hydrogens is 452 g/mol. The van der Waals surface area contributed by atoms with Crippen LogP contribution >= 0.6 is 0 Å². The number of amides is 2. The van der Waals surface area contributed by atoms with Crippen molar-refractivity contribution in [1.29, 1.82) is 0 Å². The maximum atomic E-state index is 13.3. The SMILES string of the molecule is CNC(=O)[C@@H](NC(=O)[C@H](CC(C)C)[C@H](OCc1ccc2nc(C)[nH]c(=O)c2c1)C(=O)O)C(C)(C)C. The Balaban J connectivity index is 2.31. The van der Waals surface area contributed by atoms with Crippen molar-refractivity contribution in [2.75, 3.05) is 7.05 Å². The highest BCUT2D eigenvalue weighted by Gasteiger charge is 2.39. The third-order valence-corrected chi connectivity index (χ3v) is 5.65. The summed E-state index contributed by atoms with van der Waals surface area (Å²) in [5.74, 6) is -2.76. The number of H-pyrrole nitrogens is 1. The van der Waals surface area contributed by atoms with Crippen LogP contribution in [0.4, 0.5) is 0 Å². The van der Waals surface area contributed by atoms with E-state index >= 15 is 0 Å². The normalized spacial score (nSPS) is 14.4. The standard InChI is InChI=1S/C25H36N4O6/c1-13(2)10-17(22(31)29-20(23(32)26-7)25(4,5)6)19(24(33)34)35-12-15-8-9-18-16(11-15)21(30)28-14(3)27-18/h8-9,11,13,17,19-20H,10,12H2,1-7H3,(H,26,32)(H,29,31)(H,33,34)(H,27,28,30)/t17-,19+,20-/m1/s1. The summed E-state index contributed by atoms with van der Waals surface area (Å²) in [6.07, 6.45) is -1.21. The molecule has 1 heterocycles. The number of carbonyl (C=O) groups excluding carboxylic acids is 2. The Morgan fingerprint density at radius 1 is 1.17 bits per heavy atom. The summed E-state index contributed by atoms with van der Waals surface area (Å²) >= 11 is 0. The minimum absolute atomic E-state index is 0.00201. The quantitative estimate of drug-likeness (QED) is 0.400. The number of ether oxygens (including phenoxy) is 1. The topological polar surface area (TPSA) is 150 Å². The largest absolute Gasteiger partial charge is 0.479 e. The van der Waals surface area contributed by atoms with Gasteiger partial charge in [-0.05, 0) is 42.4 Å². The molecule has 3 atom stereocenters. The second kappa shape index (κ2) is 11.4. The molecule has 192 valence electrons. The number of nitrogens with zero attached hydrogens (tertiary/aromatic N) is 1. The van der Waals surface area contributed by atoms with Crippen molar-refractivity contribution in [2.24, 2.45) is 17.3 Å². The molecule has 0 unspecified atom stereocenters. The zero-order valence-corrected chi connectivity index (χ0v) is 21.4. The number of carboxylic acids is 1. The van der Waals surface area contributed by atoms with Gasteiger partial charge in [0.25, 0.3) is 5.56 Å². The lowest BCUT2D eigenvalue weighted by Gasteiger charge is -2.32. The molecule has 2 rings (SSSR count). The summed E-state index contributed by atoms with van der Waals surface area (Å²) in [7, 11) is 1.48. The molecule has 2 aromatic rings. The van der Waals surface area contributed by atoms with Crippen LogP contribution in [0.5, 0.6) is 0 Å². The number of aryl methyl sites for hydroxylation is 1. The van der Waals surface area contributed by atoms with Gasteiger partial charge in [0.1, 0.15) is 11.9 Å². The van der Waals surface area contributed by atoms with E-state index in [0.717, 1.165) is 0 Å². The van der Waals surface area contributed by atoms with Crippen molar-refractivity contribution in [3.63, 3.8) is 0 Å². The number of benzene rings is 1. The number of carbonyl (C=O) groups is 3. The molecular formula is C25H36N4O6. The molecule has 0 bridgehead atoms. The van der Waals surface area contributed by atoms with E-state index in [-0.39, 0.29) is 30.4 Å². The monoisotopic (exact) mass is 488 g/mol. The lowest BCUT2D eigenvalue weighted by molar-refractivity contribution is -0.160. The first-order valence-electron chi connectivity index (χ1n) is 11.6. The van der Waals surface area contributed by atoms with E-state index in [1.807, 2.05) is 34.6 Å². The van der Waals surface area contributed by atoms with Gasteiger partial charge in [-0.25, -0.2) is 9.78 Å². The van der Waals surface area contributed by atoms with Gasteiger partial charge in [-0.2, -0.15) is 0 Å². The van der Waals surface area contributed by atoms with Crippen LogP contribution in [0, 0.1) is 24.2 Å². The first-order valence-corrected chi connectivity index (χ1v) is 11.6. The average molecular weight is 489 g/mol. The fourth-order valence-electron chi connectivity index (χ4n) is 3.88. The first kappa shape index (κ1) is 28.0. The number of carboxylic acid groups (broad SMARTS) is 1. The lowest BCUT2D eigenvalue weighted by Crippen LogP contribution is -2.56. The molecule has 0 aliphatic rings. The maximum absolute atomic E-state index is 13.3. The Labute approximate surface area is 204 Å². The number of rotatable bonds is 10. The number of hydrogen-bond donors (Lipinski definition) is 4. The van der Waals surface area contributed by atoms with Crippen molar-refractivity contribution >= 4 is 28.7 Å². The summed E-state index contributed by atoms with van der Waals surface area (Å²) in [5, 5.41) is 15.6. The molecule has 0 saturated carbocycles. The van der Waals surface area contributed by atoms with E-state index in [0.29, 0.717) is 22.3 Å². The number of aromatic amines is 1. The molecule has 0 fully saturated rings. The molecule has 4 N–H and O–H groups in total. The predicted molar refractivity (Wildman–Crippen MR) is 132 cm³/mol. The minimum atomic E-state index is -1.45. The summed E-state index contributed by atoms with van der Waals surface area (Å²) in [4.78, 5) is 57.0. The van der Waals surface area contributed by atoms with Crippen LogP contribution in [0.1, 0.15) is 52.4 Å². The Bertz CT molecular complexity index is 1130. The third-order valence-electron chi connectivity index (χ3n) is 5.65. The number of hydrogen-bond acceptors (Lipinski definition) is 6. The molecule has 0 aliphatic heterocycles. The molecule has 10 nitrogen and oxygen atoms in total. The molecule has 0 spiro atoms. The van der Waals surface area contributed by atoms with Gasteiger partial charge in [0.05, 0.1) is 23.4 Å². The second-order valence-electron chi connectivity index (χ2n) is 10.2. The van der Waals surface area contributed by atoms with Crippen LogP contribution in [0.3, 0.4) is 0 Å². The van der Waals surface area contributed by atoms with Crippen molar-refractivity contribution in [1.82, 2.24) is 20.6 Å². The van der Waals surface area contributed by atoms with E-state index in [4.69, 9.17) is 4.74 Å². The van der Waals surface area contributed by atoms with Crippen molar-refractivity contribution in [3.05, 3.63) is 39.9 Å². The molecule has 2 amide bonds. The number of nitrogens with one attached hydrogen (secondary N) is 3. The maximum Gasteiger partial charge on any atom is 0.333 e. The second-order valence-corrected chi connectivity index (χ2v) is 10.2. The highest BCUT2D eigenvalue weighted by atomic mass is 16.5. The van der Waals surface area contributed by atoms with Gasteiger partial charge in [-0.1, -0.05) is 40.7 Å². The smallest absolute Gasteiger partial charge is 0.333 e. The fourth-order valence-corrected chi connectivity index (χ4v) is 3.88. The number of aliphatic carboxylic acids is 1. The Kier molecular flexibility index (Phi) is 9.14. The van der Waals surface area contributed by atoms with E-state index in [2.05, 4.69) is 20.6 Å². The molecule has 35 heavy (non-hydrogen) atoms. The summed E-state index contributed by atoms with van der Waals surface area (Å²) in [5.41, 5.74) is 0.192. The van der Waals surface area contributed by atoms with Crippen LogP contribution in [0.25, 0.3) is 10.9 Å². The van der Waals surface area contributed by atoms with Crippen LogP contribution in [-0.2, 0) is 25.7 Å². The summed E-state index contributed by atoms with van der Waals surface area (Å²) in [6.45, 7) is 10.8. The highest BCUT2D eigenvalue weighted by Crippen LogP contribution is 2.24. The summed E-state index contributed by atoms with van der Waals surface area (Å²) in [6, 6.07) is 4.11. The van der Waals surface area contributed by atoms with E-state index in [9.17, 15) is 24.3 Å². The average Bonchev–Trinajstić information content (AvgIpc) is 2.75. The molecule has 0 radical (unpaired) electrons. The predicted octanol–water partition coefficient (Wildman–Crippen LogP) is 2.14. The van der Waals surface area contributed by atoms with Crippen molar-refractivity contribution in [2.45, 2.75) is 66.7 Å². The minimum Gasteiger partial charge on any atom is -0.479 e. The Morgan fingerprint density at radius 3 is 2.37 bits per heavy atom. The molecule has 1 aromatic carbocycles. The molecule has 1 aromatic heterocycles. The number of likely N-dealkylation sites (N-methyl/N-ethyl adjacent to an activating group) is 1. The number of fused-ring (bicyclic) bond motifs is 1. The van der Waals surface area contributed by atoms with E-state index < -0.39 is 35.4 Å². The van der Waals surface area contributed by atoms with E-state index in [1.54, 1.807) is 25.1 Å². The first-order chi connectivity index (χ1) is 16.2.